The lowest BCUT2D eigenvalue weighted by Crippen LogP contribution is -2.24. The van der Waals surface area contributed by atoms with Crippen LogP contribution in [-0.4, -0.2) is 21.3 Å². The standard InChI is InChI=1S/C14H26N4/c1-3-9-15-10-14-16-11-17-18(14)13-7-5-12(4-2)6-8-13/h11-13,15H,3-10H2,1-2H3. The molecule has 0 unspecified atom stereocenters. The zero-order valence-corrected chi connectivity index (χ0v) is 11.7. The Hall–Kier alpha value is -0.900. The summed E-state index contributed by atoms with van der Waals surface area (Å²) in [5.74, 6) is 2.04. The van der Waals surface area contributed by atoms with Gasteiger partial charge in [-0.25, -0.2) is 9.67 Å². The van der Waals surface area contributed by atoms with E-state index < -0.39 is 0 Å². The molecule has 0 aromatic carbocycles. The average Bonchev–Trinajstić information content (AvgIpc) is 2.88. The van der Waals surface area contributed by atoms with Crippen LogP contribution >= 0.6 is 0 Å². The maximum atomic E-state index is 4.44. The Morgan fingerprint density at radius 3 is 2.72 bits per heavy atom. The highest BCUT2D eigenvalue weighted by atomic mass is 15.4. The number of hydrogen-bond acceptors (Lipinski definition) is 3. The van der Waals surface area contributed by atoms with Gasteiger partial charge in [0.15, 0.2) is 0 Å². The Kier molecular flexibility index (Phi) is 5.17. The van der Waals surface area contributed by atoms with E-state index in [0.717, 1.165) is 31.3 Å². The number of nitrogens with one attached hydrogen (secondary N) is 1. The van der Waals surface area contributed by atoms with Crippen molar-refractivity contribution >= 4 is 0 Å². The second kappa shape index (κ2) is 6.88. The molecule has 1 aliphatic carbocycles. The van der Waals surface area contributed by atoms with E-state index in [4.69, 9.17) is 0 Å². The van der Waals surface area contributed by atoms with E-state index >= 15 is 0 Å². The van der Waals surface area contributed by atoms with E-state index in [1.165, 1.54) is 32.1 Å². The molecular weight excluding hydrogens is 224 g/mol. The molecule has 0 bridgehead atoms. The molecule has 1 N–H and O–H groups in total. The van der Waals surface area contributed by atoms with E-state index in [1.54, 1.807) is 6.33 Å². The van der Waals surface area contributed by atoms with Gasteiger partial charge in [-0.3, -0.25) is 0 Å². The molecule has 4 nitrogen and oxygen atoms in total. The minimum atomic E-state index is 0.578. The van der Waals surface area contributed by atoms with Crippen molar-refractivity contribution in [2.24, 2.45) is 5.92 Å². The van der Waals surface area contributed by atoms with E-state index in [1.807, 2.05) is 0 Å². The van der Waals surface area contributed by atoms with Crippen LogP contribution in [0.4, 0.5) is 0 Å². The Bertz CT molecular complexity index is 339. The van der Waals surface area contributed by atoms with Crippen molar-refractivity contribution in [3.8, 4) is 0 Å². The SMILES string of the molecule is CCCNCc1ncnn1C1CCC(CC)CC1. The lowest BCUT2D eigenvalue weighted by molar-refractivity contribution is 0.251. The Balaban J connectivity index is 1.90. The molecule has 0 saturated heterocycles. The van der Waals surface area contributed by atoms with Crippen molar-refractivity contribution in [1.29, 1.82) is 0 Å². The van der Waals surface area contributed by atoms with Crippen LogP contribution in [0.2, 0.25) is 0 Å². The molecule has 18 heavy (non-hydrogen) atoms. The van der Waals surface area contributed by atoms with E-state index in [-0.39, 0.29) is 0 Å². The first-order chi connectivity index (χ1) is 8.85. The highest BCUT2D eigenvalue weighted by Crippen LogP contribution is 2.33. The van der Waals surface area contributed by atoms with E-state index in [2.05, 4.69) is 33.9 Å². The number of aromatic nitrogens is 3. The molecule has 1 heterocycles. The molecule has 1 aromatic rings. The predicted octanol–water partition coefficient (Wildman–Crippen LogP) is 2.92. The summed E-state index contributed by atoms with van der Waals surface area (Å²) >= 11 is 0. The van der Waals surface area contributed by atoms with Crippen LogP contribution in [0.5, 0.6) is 0 Å². The van der Waals surface area contributed by atoms with Crippen molar-refractivity contribution in [2.75, 3.05) is 6.54 Å². The Labute approximate surface area is 110 Å². The van der Waals surface area contributed by atoms with Crippen molar-refractivity contribution in [3.63, 3.8) is 0 Å². The fourth-order valence-electron chi connectivity index (χ4n) is 2.88. The van der Waals surface area contributed by atoms with Gasteiger partial charge in [-0.05, 0) is 44.6 Å². The molecule has 0 aliphatic heterocycles. The predicted molar refractivity (Wildman–Crippen MR) is 73.3 cm³/mol. The van der Waals surface area contributed by atoms with Gasteiger partial charge >= 0.3 is 0 Å². The normalized spacial score (nSPS) is 24.3. The molecule has 102 valence electrons. The van der Waals surface area contributed by atoms with Crippen molar-refractivity contribution in [3.05, 3.63) is 12.2 Å². The van der Waals surface area contributed by atoms with Gasteiger partial charge in [-0.15, -0.1) is 0 Å². The van der Waals surface area contributed by atoms with Crippen molar-refractivity contribution in [1.82, 2.24) is 20.1 Å². The monoisotopic (exact) mass is 250 g/mol. The second-order valence-corrected chi connectivity index (χ2v) is 5.38. The summed E-state index contributed by atoms with van der Waals surface area (Å²) in [5.41, 5.74) is 0. The molecule has 1 aromatic heterocycles. The quantitative estimate of drug-likeness (QED) is 0.789. The Morgan fingerprint density at radius 2 is 2.06 bits per heavy atom. The van der Waals surface area contributed by atoms with Gasteiger partial charge in [-0.2, -0.15) is 5.10 Å². The fraction of sp³-hybridized carbons (Fsp3) is 0.857. The van der Waals surface area contributed by atoms with Gasteiger partial charge < -0.3 is 5.32 Å². The third-order valence-electron chi connectivity index (χ3n) is 4.10. The minimum Gasteiger partial charge on any atom is -0.310 e. The summed E-state index contributed by atoms with van der Waals surface area (Å²) in [5, 5.41) is 7.85. The minimum absolute atomic E-state index is 0.578. The lowest BCUT2D eigenvalue weighted by Gasteiger charge is -2.28. The fourth-order valence-corrected chi connectivity index (χ4v) is 2.88. The zero-order valence-electron chi connectivity index (χ0n) is 11.7. The van der Waals surface area contributed by atoms with Crippen LogP contribution in [0.15, 0.2) is 6.33 Å². The van der Waals surface area contributed by atoms with Crippen LogP contribution in [0, 0.1) is 5.92 Å². The maximum Gasteiger partial charge on any atom is 0.141 e. The van der Waals surface area contributed by atoms with Crippen LogP contribution < -0.4 is 5.32 Å². The zero-order chi connectivity index (χ0) is 12.8. The maximum absolute atomic E-state index is 4.44. The Morgan fingerprint density at radius 1 is 1.28 bits per heavy atom. The third-order valence-corrected chi connectivity index (χ3v) is 4.10. The molecular formula is C14H26N4. The largest absolute Gasteiger partial charge is 0.310 e. The molecule has 1 aliphatic rings. The van der Waals surface area contributed by atoms with E-state index in [9.17, 15) is 0 Å². The smallest absolute Gasteiger partial charge is 0.141 e. The molecule has 2 rings (SSSR count). The first-order valence-corrected chi connectivity index (χ1v) is 7.44. The summed E-state index contributed by atoms with van der Waals surface area (Å²) in [6, 6.07) is 0.578. The third kappa shape index (κ3) is 3.31. The van der Waals surface area contributed by atoms with Crippen molar-refractivity contribution < 1.29 is 0 Å². The van der Waals surface area contributed by atoms with Gasteiger partial charge in [0.05, 0.1) is 12.6 Å². The summed E-state index contributed by atoms with van der Waals surface area (Å²) in [7, 11) is 0. The summed E-state index contributed by atoms with van der Waals surface area (Å²) in [6.45, 7) is 6.39. The van der Waals surface area contributed by atoms with Crippen LogP contribution in [-0.2, 0) is 6.54 Å². The molecule has 1 fully saturated rings. The van der Waals surface area contributed by atoms with Gasteiger partial charge in [0.2, 0.25) is 0 Å². The van der Waals surface area contributed by atoms with Crippen LogP contribution in [0.1, 0.15) is 64.2 Å². The van der Waals surface area contributed by atoms with Crippen molar-refractivity contribution in [2.45, 2.75) is 65.0 Å². The highest BCUT2D eigenvalue weighted by molar-refractivity contribution is 4.89. The van der Waals surface area contributed by atoms with Gasteiger partial charge in [-0.1, -0.05) is 20.3 Å². The highest BCUT2D eigenvalue weighted by Gasteiger charge is 2.23. The van der Waals surface area contributed by atoms with Gasteiger partial charge in [0.25, 0.3) is 0 Å². The second-order valence-electron chi connectivity index (χ2n) is 5.38. The summed E-state index contributed by atoms with van der Waals surface area (Å²) in [4.78, 5) is 4.39. The first kappa shape index (κ1) is 13.5. The lowest BCUT2D eigenvalue weighted by atomic mass is 9.84. The van der Waals surface area contributed by atoms with Gasteiger partial charge in [0, 0.05) is 0 Å². The van der Waals surface area contributed by atoms with E-state index in [0.29, 0.717) is 6.04 Å². The number of rotatable bonds is 6. The van der Waals surface area contributed by atoms with Crippen LogP contribution in [0.3, 0.4) is 0 Å². The summed E-state index contributed by atoms with van der Waals surface area (Å²) < 4.78 is 2.16. The molecule has 0 radical (unpaired) electrons. The number of nitrogens with zero attached hydrogens (tertiary/aromatic N) is 3. The average molecular weight is 250 g/mol. The number of hydrogen-bond donors (Lipinski definition) is 1. The topological polar surface area (TPSA) is 42.7 Å². The summed E-state index contributed by atoms with van der Waals surface area (Å²) in [6.07, 6.45) is 9.43. The molecule has 0 amide bonds. The molecule has 0 spiro atoms. The molecule has 4 heteroatoms. The first-order valence-electron chi connectivity index (χ1n) is 7.44. The molecule has 0 atom stereocenters. The van der Waals surface area contributed by atoms with Crippen LogP contribution in [0.25, 0.3) is 0 Å². The molecule has 1 saturated carbocycles. The van der Waals surface area contributed by atoms with Gasteiger partial charge in [0.1, 0.15) is 12.2 Å².